The molecule has 0 saturated carbocycles. The summed E-state index contributed by atoms with van der Waals surface area (Å²) in [5, 5.41) is 7.74. The number of nitrogens with one attached hydrogen (secondary N) is 1. The topological polar surface area (TPSA) is 112 Å². The molecule has 1 atom stereocenters. The number of sulfonamides is 1. The number of furan rings is 1. The third-order valence-electron chi connectivity index (χ3n) is 2.82. The lowest BCUT2D eigenvalue weighted by Crippen LogP contribution is -2.46. The summed E-state index contributed by atoms with van der Waals surface area (Å²) in [6.45, 7) is 2.82. The fourth-order valence-electron chi connectivity index (χ4n) is 1.76. The zero-order valence-corrected chi connectivity index (χ0v) is 12.5. The van der Waals surface area contributed by atoms with Gasteiger partial charge in [0.2, 0.25) is 10.0 Å². The van der Waals surface area contributed by atoms with E-state index in [1.807, 2.05) is 6.92 Å². The van der Waals surface area contributed by atoms with Crippen molar-refractivity contribution in [3.8, 4) is 0 Å². The van der Waals surface area contributed by atoms with E-state index in [2.05, 4.69) is 21.2 Å². The Bertz CT molecular complexity index is 603. The number of nitrogens with two attached hydrogens (primary N) is 1. The van der Waals surface area contributed by atoms with Crippen LogP contribution in [-0.2, 0) is 14.8 Å². The molecule has 9 heteroatoms. The first-order valence-corrected chi connectivity index (χ1v) is 7.78. The third kappa shape index (κ3) is 3.16. The van der Waals surface area contributed by atoms with Crippen LogP contribution < -0.4 is 10.5 Å². The molecular weight excluding hydrogens is 340 g/mol. The summed E-state index contributed by atoms with van der Waals surface area (Å²) >= 11 is 2.92. The normalized spacial score (nSPS) is 23.5. The second kappa shape index (κ2) is 4.89. The maximum Gasteiger partial charge on any atom is 0.287 e. The molecule has 0 aromatic carbocycles. The van der Waals surface area contributed by atoms with Gasteiger partial charge in [0.15, 0.2) is 10.4 Å². The minimum atomic E-state index is -3.93. The lowest BCUT2D eigenvalue weighted by molar-refractivity contribution is 0.0860. The van der Waals surface area contributed by atoms with Crippen LogP contribution in [0.1, 0.15) is 23.9 Å². The van der Waals surface area contributed by atoms with Gasteiger partial charge in [0, 0.05) is 12.7 Å². The van der Waals surface area contributed by atoms with Gasteiger partial charge < -0.3 is 14.5 Å². The van der Waals surface area contributed by atoms with Gasteiger partial charge in [0.25, 0.3) is 5.91 Å². The van der Waals surface area contributed by atoms with Crippen molar-refractivity contribution in [3.05, 3.63) is 16.5 Å². The number of primary sulfonamides is 1. The van der Waals surface area contributed by atoms with E-state index in [1.54, 1.807) is 0 Å². The molecule has 2 rings (SSSR count). The van der Waals surface area contributed by atoms with Crippen molar-refractivity contribution in [1.29, 1.82) is 0 Å². The number of carbonyl (C=O) groups excluding carboxylic acids is 1. The highest BCUT2D eigenvalue weighted by molar-refractivity contribution is 9.10. The molecule has 0 radical (unpaired) electrons. The van der Waals surface area contributed by atoms with Gasteiger partial charge in [-0.3, -0.25) is 4.79 Å². The van der Waals surface area contributed by atoms with Crippen LogP contribution >= 0.6 is 15.9 Å². The molecule has 2 heterocycles. The van der Waals surface area contributed by atoms with Gasteiger partial charge >= 0.3 is 0 Å². The van der Waals surface area contributed by atoms with Gasteiger partial charge in [-0.2, -0.15) is 0 Å². The number of amides is 1. The van der Waals surface area contributed by atoms with Crippen molar-refractivity contribution < 1.29 is 22.4 Å². The highest BCUT2D eigenvalue weighted by atomic mass is 79.9. The van der Waals surface area contributed by atoms with Gasteiger partial charge in [-0.05, 0) is 29.3 Å². The molecule has 1 saturated heterocycles. The van der Waals surface area contributed by atoms with Crippen molar-refractivity contribution in [3.63, 3.8) is 0 Å². The van der Waals surface area contributed by atoms with Crippen LogP contribution in [-0.4, -0.2) is 33.1 Å². The first kappa shape index (κ1) is 14.5. The quantitative estimate of drug-likeness (QED) is 0.827. The summed E-state index contributed by atoms with van der Waals surface area (Å²) in [5.74, 6) is -0.632. The molecule has 1 amide bonds. The Morgan fingerprint density at radius 1 is 1.58 bits per heavy atom. The molecule has 0 spiro atoms. The number of hydrogen-bond acceptors (Lipinski definition) is 5. The van der Waals surface area contributed by atoms with Crippen LogP contribution in [0.2, 0.25) is 0 Å². The maximum atomic E-state index is 12.0. The highest BCUT2D eigenvalue weighted by Gasteiger charge is 2.33. The Kier molecular flexibility index (Phi) is 3.74. The van der Waals surface area contributed by atoms with Crippen LogP contribution in [0, 0.1) is 0 Å². The number of rotatable bonds is 3. The average Bonchev–Trinajstić information content (AvgIpc) is 2.84. The SMILES string of the molecule is CC1(NC(=O)c2cc(S(N)(=O)=O)c(Br)o2)CCOC1. The van der Waals surface area contributed by atoms with Crippen molar-refractivity contribution in [2.45, 2.75) is 23.8 Å². The molecule has 0 aliphatic carbocycles. The largest absolute Gasteiger partial charge is 0.443 e. The van der Waals surface area contributed by atoms with Crippen LogP contribution in [0.15, 0.2) is 20.0 Å². The fraction of sp³-hybridized carbons (Fsp3) is 0.500. The van der Waals surface area contributed by atoms with Gasteiger partial charge in [-0.1, -0.05) is 0 Å². The second-order valence-electron chi connectivity index (χ2n) is 4.61. The standard InChI is InChI=1S/C10H13BrN2O5S/c1-10(2-3-17-5-10)13-9(14)6-4-7(8(11)18-6)19(12,15)16/h4H,2-3,5H2,1H3,(H,13,14)(H2,12,15,16). The smallest absolute Gasteiger partial charge is 0.287 e. The molecule has 0 bridgehead atoms. The number of halogens is 1. The van der Waals surface area contributed by atoms with Crippen molar-refractivity contribution in [2.24, 2.45) is 5.14 Å². The monoisotopic (exact) mass is 352 g/mol. The van der Waals surface area contributed by atoms with Crippen LogP contribution in [0.5, 0.6) is 0 Å². The van der Waals surface area contributed by atoms with E-state index in [-0.39, 0.29) is 15.3 Å². The predicted octanol–water partition coefficient (Wildman–Crippen LogP) is 0.598. The van der Waals surface area contributed by atoms with Crippen molar-refractivity contribution in [2.75, 3.05) is 13.2 Å². The molecule has 3 N–H and O–H groups in total. The molecule has 1 aromatic heterocycles. The van der Waals surface area contributed by atoms with E-state index in [0.717, 1.165) is 6.07 Å². The predicted molar refractivity (Wildman–Crippen MR) is 69.1 cm³/mol. The Morgan fingerprint density at radius 3 is 2.74 bits per heavy atom. The van der Waals surface area contributed by atoms with Crippen LogP contribution in [0.4, 0.5) is 0 Å². The van der Waals surface area contributed by atoms with Crippen LogP contribution in [0.3, 0.4) is 0 Å². The van der Waals surface area contributed by atoms with E-state index in [4.69, 9.17) is 14.3 Å². The zero-order valence-electron chi connectivity index (χ0n) is 10.1. The Morgan fingerprint density at radius 2 is 2.26 bits per heavy atom. The van der Waals surface area contributed by atoms with Gasteiger partial charge in [0.05, 0.1) is 12.1 Å². The highest BCUT2D eigenvalue weighted by Crippen LogP contribution is 2.26. The Balaban J connectivity index is 2.21. The molecule has 1 unspecified atom stereocenters. The summed E-state index contributed by atoms with van der Waals surface area (Å²) < 4.78 is 32.6. The Labute approximate surface area is 118 Å². The molecule has 106 valence electrons. The van der Waals surface area contributed by atoms with E-state index in [0.29, 0.717) is 19.6 Å². The Hall–Kier alpha value is -0.900. The molecule has 1 aliphatic heterocycles. The molecule has 1 aliphatic rings. The lowest BCUT2D eigenvalue weighted by atomic mass is 10.0. The number of carbonyl (C=O) groups is 1. The summed E-state index contributed by atoms with van der Waals surface area (Å²) in [4.78, 5) is 11.7. The summed E-state index contributed by atoms with van der Waals surface area (Å²) in [5.41, 5.74) is -0.474. The maximum absolute atomic E-state index is 12.0. The third-order valence-corrected chi connectivity index (χ3v) is 4.59. The first-order valence-electron chi connectivity index (χ1n) is 5.44. The first-order chi connectivity index (χ1) is 8.71. The molecule has 1 fully saturated rings. The number of ether oxygens (including phenoxy) is 1. The van der Waals surface area contributed by atoms with E-state index < -0.39 is 21.5 Å². The minimum absolute atomic E-state index is 0.0898. The van der Waals surface area contributed by atoms with Gasteiger partial charge in [-0.25, -0.2) is 13.6 Å². The summed E-state index contributed by atoms with van der Waals surface area (Å²) in [6.07, 6.45) is 0.683. The summed E-state index contributed by atoms with van der Waals surface area (Å²) in [7, 11) is -3.93. The van der Waals surface area contributed by atoms with Gasteiger partial charge in [0.1, 0.15) is 4.90 Å². The molecule has 1 aromatic rings. The molecule has 19 heavy (non-hydrogen) atoms. The average molecular weight is 353 g/mol. The van der Waals surface area contributed by atoms with Gasteiger partial charge in [-0.15, -0.1) is 0 Å². The fourth-order valence-corrected chi connectivity index (χ4v) is 3.26. The molecule has 7 nitrogen and oxygen atoms in total. The minimum Gasteiger partial charge on any atom is -0.443 e. The lowest BCUT2D eigenvalue weighted by Gasteiger charge is -2.22. The van der Waals surface area contributed by atoms with Crippen molar-refractivity contribution in [1.82, 2.24) is 5.32 Å². The summed E-state index contributed by atoms with van der Waals surface area (Å²) in [6, 6.07) is 1.09. The van der Waals surface area contributed by atoms with E-state index in [1.165, 1.54) is 0 Å². The van der Waals surface area contributed by atoms with Crippen LogP contribution in [0.25, 0.3) is 0 Å². The van der Waals surface area contributed by atoms with Crippen molar-refractivity contribution >= 4 is 31.9 Å². The molecular formula is C10H13BrN2O5S. The van der Waals surface area contributed by atoms with E-state index in [9.17, 15) is 13.2 Å². The number of hydrogen-bond donors (Lipinski definition) is 2. The second-order valence-corrected chi connectivity index (χ2v) is 6.86. The zero-order chi connectivity index (χ0) is 14.3. The van der Waals surface area contributed by atoms with E-state index >= 15 is 0 Å².